The van der Waals surface area contributed by atoms with Crippen LogP contribution in [0.5, 0.6) is 0 Å². The number of nitro benzene ring substituents is 1. The summed E-state index contributed by atoms with van der Waals surface area (Å²) in [5.74, 6) is -1.48. The molecule has 1 aliphatic rings. The van der Waals surface area contributed by atoms with E-state index in [0.29, 0.717) is 25.2 Å². The lowest BCUT2D eigenvalue weighted by Crippen LogP contribution is -2.29. The monoisotopic (exact) mass is 363 g/mol. The van der Waals surface area contributed by atoms with Crippen LogP contribution in [0.2, 0.25) is 0 Å². The molecule has 1 amide bonds. The molecule has 0 aliphatic carbocycles. The van der Waals surface area contributed by atoms with Crippen LogP contribution in [0.3, 0.4) is 0 Å². The number of aromatic amines is 2. The molecule has 1 unspecified atom stereocenters. The molecule has 3 rings (SSSR count). The number of aromatic nitrogens is 2. The zero-order valence-electron chi connectivity index (χ0n) is 14.3. The first-order valence-corrected chi connectivity index (χ1v) is 8.00. The van der Waals surface area contributed by atoms with E-state index in [1.165, 1.54) is 15.9 Å². The second-order valence-corrected chi connectivity index (χ2v) is 6.42. The van der Waals surface area contributed by atoms with Crippen LogP contribution >= 0.6 is 0 Å². The highest BCUT2D eigenvalue weighted by molar-refractivity contribution is 5.96. The van der Waals surface area contributed by atoms with Crippen LogP contribution in [0.25, 0.3) is 0 Å². The van der Waals surface area contributed by atoms with E-state index in [4.69, 9.17) is 0 Å². The van der Waals surface area contributed by atoms with Crippen LogP contribution in [0, 0.1) is 15.9 Å². The summed E-state index contributed by atoms with van der Waals surface area (Å²) in [6.45, 7) is 0.675. The van der Waals surface area contributed by atoms with Crippen LogP contribution in [0.1, 0.15) is 28.4 Å². The predicted molar refractivity (Wildman–Crippen MR) is 92.1 cm³/mol. The van der Waals surface area contributed by atoms with Gasteiger partial charge in [-0.05, 0) is 6.42 Å². The zero-order chi connectivity index (χ0) is 19.0. The summed E-state index contributed by atoms with van der Waals surface area (Å²) in [4.78, 5) is 37.4. The van der Waals surface area contributed by atoms with E-state index >= 15 is 0 Å². The SMILES string of the molecule is CN(C)c1cc(F)c(C(=O)N2CCC(c3cc(=O)[nH][nH]3)C2)cc1[N+](=O)[O-]. The van der Waals surface area contributed by atoms with Gasteiger partial charge in [-0.2, -0.15) is 0 Å². The molecule has 9 nitrogen and oxygen atoms in total. The van der Waals surface area contributed by atoms with E-state index in [0.717, 1.165) is 12.1 Å². The van der Waals surface area contributed by atoms with Crippen molar-refractivity contribution in [3.8, 4) is 0 Å². The van der Waals surface area contributed by atoms with Crippen molar-refractivity contribution in [3.05, 3.63) is 55.7 Å². The fraction of sp³-hybridized carbons (Fsp3) is 0.375. The Labute approximate surface area is 147 Å². The topological polar surface area (TPSA) is 115 Å². The van der Waals surface area contributed by atoms with Gasteiger partial charge in [-0.1, -0.05) is 0 Å². The maximum atomic E-state index is 14.4. The molecule has 0 saturated carbocycles. The zero-order valence-corrected chi connectivity index (χ0v) is 14.3. The van der Waals surface area contributed by atoms with Gasteiger partial charge < -0.3 is 14.9 Å². The Hall–Kier alpha value is -3.17. The molecule has 0 bridgehead atoms. The Morgan fingerprint density at radius 1 is 1.35 bits per heavy atom. The van der Waals surface area contributed by atoms with E-state index in [2.05, 4.69) is 10.2 Å². The third-order valence-electron chi connectivity index (χ3n) is 4.51. The van der Waals surface area contributed by atoms with Gasteiger partial charge in [-0.3, -0.25) is 24.8 Å². The lowest BCUT2D eigenvalue weighted by molar-refractivity contribution is -0.384. The van der Waals surface area contributed by atoms with Gasteiger partial charge in [-0.15, -0.1) is 0 Å². The Kier molecular flexibility index (Phi) is 4.49. The van der Waals surface area contributed by atoms with E-state index in [1.54, 1.807) is 14.1 Å². The number of carbonyl (C=O) groups excluding carboxylic acids is 1. The number of hydrogen-bond donors (Lipinski definition) is 2. The number of likely N-dealkylation sites (tertiary alicyclic amines) is 1. The molecule has 1 fully saturated rings. The Morgan fingerprint density at radius 3 is 2.65 bits per heavy atom. The van der Waals surface area contributed by atoms with Crippen molar-refractivity contribution in [1.82, 2.24) is 15.1 Å². The number of benzene rings is 1. The standard InChI is InChI=1S/C16H18FN5O4/c1-20(2)13-6-11(17)10(5-14(13)22(25)26)16(24)21-4-3-9(8-21)12-7-15(23)19-18-12/h5-7,9H,3-4,8H2,1-2H3,(H2,18,19,23). The number of H-pyrrole nitrogens is 2. The highest BCUT2D eigenvalue weighted by Gasteiger charge is 2.32. The lowest BCUT2D eigenvalue weighted by Gasteiger charge is -2.18. The molecular formula is C16H18FN5O4. The van der Waals surface area contributed by atoms with Gasteiger partial charge in [-0.25, -0.2) is 4.39 Å². The van der Waals surface area contributed by atoms with E-state index < -0.39 is 16.6 Å². The maximum Gasteiger partial charge on any atom is 0.293 e. The molecule has 1 aromatic heterocycles. The van der Waals surface area contributed by atoms with Crippen LogP contribution in [-0.2, 0) is 0 Å². The number of nitrogens with one attached hydrogen (secondary N) is 2. The molecule has 0 spiro atoms. The first kappa shape index (κ1) is 17.6. The fourth-order valence-electron chi connectivity index (χ4n) is 3.16. The number of amides is 1. The molecule has 2 N–H and O–H groups in total. The summed E-state index contributed by atoms with van der Waals surface area (Å²) in [5.41, 5.74) is -0.144. The molecule has 2 aromatic rings. The number of nitro groups is 1. The van der Waals surface area contributed by atoms with E-state index in [1.807, 2.05) is 0 Å². The molecule has 1 aromatic carbocycles. The normalized spacial score (nSPS) is 16.7. The molecule has 1 aliphatic heterocycles. The number of carbonyl (C=O) groups is 1. The molecule has 2 heterocycles. The van der Waals surface area contributed by atoms with Crippen LogP contribution in [0.4, 0.5) is 15.8 Å². The van der Waals surface area contributed by atoms with Crippen molar-refractivity contribution in [2.75, 3.05) is 32.1 Å². The van der Waals surface area contributed by atoms with Crippen molar-refractivity contribution < 1.29 is 14.1 Å². The smallest absolute Gasteiger partial charge is 0.293 e. The number of anilines is 1. The number of halogens is 1. The van der Waals surface area contributed by atoms with Gasteiger partial charge in [0, 0.05) is 57.0 Å². The van der Waals surface area contributed by atoms with E-state index in [9.17, 15) is 24.1 Å². The minimum atomic E-state index is -0.803. The van der Waals surface area contributed by atoms with Crippen molar-refractivity contribution in [2.45, 2.75) is 12.3 Å². The Balaban J connectivity index is 1.87. The first-order chi connectivity index (χ1) is 12.3. The third kappa shape index (κ3) is 3.17. The van der Waals surface area contributed by atoms with Crippen molar-refractivity contribution >= 4 is 17.3 Å². The maximum absolute atomic E-state index is 14.4. The van der Waals surface area contributed by atoms with Gasteiger partial charge in [0.25, 0.3) is 17.2 Å². The second-order valence-electron chi connectivity index (χ2n) is 6.42. The first-order valence-electron chi connectivity index (χ1n) is 8.00. The summed E-state index contributed by atoms with van der Waals surface area (Å²) in [5, 5.41) is 16.5. The molecule has 1 atom stereocenters. The average Bonchev–Trinajstić information content (AvgIpc) is 3.22. The Morgan fingerprint density at radius 2 is 2.08 bits per heavy atom. The minimum absolute atomic E-state index is 0.0722. The summed E-state index contributed by atoms with van der Waals surface area (Å²) in [6, 6.07) is 3.41. The second kappa shape index (κ2) is 6.62. The minimum Gasteiger partial charge on any atom is -0.372 e. The van der Waals surface area contributed by atoms with Gasteiger partial charge in [0.1, 0.15) is 11.5 Å². The van der Waals surface area contributed by atoms with Gasteiger partial charge in [0.15, 0.2) is 0 Å². The fourth-order valence-corrected chi connectivity index (χ4v) is 3.16. The number of rotatable bonds is 4. The van der Waals surface area contributed by atoms with Crippen molar-refractivity contribution in [2.24, 2.45) is 0 Å². The number of hydrogen-bond acceptors (Lipinski definition) is 5. The predicted octanol–water partition coefficient (Wildman–Crippen LogP) is 1.45. The van der Waals surface area contributed by atoms with Crippen LogP contribution in [0.15, 0.2) is 23.0 Å². The molecule has 0 radical (unpaired) electrons. The highest BCUT2D eigenvalue weighted by atomic mass is 19.1. The molecule has 26 heavy (non-hydrogen) atoms. The summed E-state index contributed by atoms with van der Waals surface area (Å²) < 4.78 is 14.4. The van der Waals surface area contributed by atoms with Gasteiger partial charge in [0.2, 0.25) is 0 Å². The third-order valence-corrected chi connectivity index (χ3v) is 4.51. The molecule has 10 heteroatoms. The Bertz CT molecular complexity index is 920. The van der Waals surface area contributed by atoms with Crippen LogP contribution in [-0.4, -0.2) is 53.1 Å². The molecule has 1 saturated heterocycles. The average molecular weight is 363 g/mol. The van der Waals surface area contributed by atoms with Crippen LogP contribution < -0.4 is 10.5 Å². The number of nitrogens with zero attached hydrogens (tertiary/aromatic N) is 3. The molecular weight excluding hydrogens is 345 g/mol. The summed E-state index contributed by atoms with van der Waals surface area (Å²) >= 11 is 0. The van der Waals surface area contributed by atoms with Gasteiger partial charge >= 0.3 is 0 Å². The summed E-state index contributed by atoms with van der Waals surface area (Å²) in [6.07, 6.45) is 0.610. The quantitative estimate of drug-likeness (QED) is 0.630. The van der Waals surface area contributed by atoms with E-state index in [-0.39, 0.29) is 28.4 Å². The van der Waals surface area contributed by atoms with Crippen molar-refractivity contribution in [1.29, 1.82) is 0 Å². The lowest BCUT2D eigenvalue weighted by atomic mass is 10.1. The highest BCUT2D eigenvalue weighted by Crippen LogP contribution is 2.32. The van der Waals surface area contributed by atoms with Crippen molar-refractivity contribution in [3.63, 3.8) is 0 Å². The largest absolute Gasteiger partial charge is 0.372 e. The molecule has 138 valence electrons. The summed E-state index contributed by atoms with van der Waals surface area (Å²) in [7, 11) is 3.12. The van der Waals surface area contributed by atoms with Gasteiger partial charge in [0.05, 0.1) is 10.5 Å².